The molecule has 0 saturated carbocycles. The van der Waals surface area contributed by atoms with Gasteiger partial charge in [0, 0.05) is 16.8 Å². The quantitative estimate of drug-likeness (QED) is 0.608. The second-order valence-electron chi connectivity index (χ2n) is 5.81. The number of aromatic nitrogens is 1. The number of carbonyl (C=O) groups excluding carboxylic acids is 2. The SMILES string of the molecule is NC(=O)CCOc1ccc(NC(=O)c2cccnc2Sc2ccccc2)cc1. The molecular weight excluding hydrogens is 374 g/mol. The molecule has 142 valence electrons. The minimum atomic E-state index is -0.412. The van der Waals surface area contributed by atoms with Crippen LogP contribution in [0.4, 0.5) is 5.69 Å². The van der Waals surface area contributed by atoms with Gasteiger partial charge in [0.2, 0.25) is 5.91 Å². The van der Waals surface area contributed by atoms with Crippen molar-refractivity contribution in [3.8, 4) is 5.75 Å². The minimum absolute atomic E-state index is 0.154. The Balaban J connectivity index is 1.65. The van der Waals surface area contributed by atoms with Crippen LogP contribution in [0.2, 0.25) is 0 Å². The number of anilines is 1. The fourth-order valence-electron chi connectivity index (χ4n) is 2.35. The van der Waals surface area contributed by atoms with Gasteiger partial charge in [0.15, 0.2) is 0 Å². The van der Waals surface area contributed by atoms with E-state index in [2.05, 4.69) is 10.3 Å². The lowest BCUT2D eigenvalue weighted by molar-refractivity contribution is -0.118. The molecule has 6 nitrogen and oxygen atoms in total. The van der Waals surface area contributed by atoms with Gasteiger partial charge in [-0.2, -0.15) is 0 Å². The Morgan fingerprint density at radius 3 is 2.46 bits per heavy atom. The molecule has 3 N–H and O–H groups in total. The Morgan fingerprint density at radius 2 is 1.75 bits per heavy atom. The minimum Gasteiger partial charge on any atom is -0.493 e. The second kappa shape index (κ2) is 9.57. The highest BCUT2D eigenvalue weighted by molar-refractivity contribution is 7.99. The van der Waals surface area contributed by atoms with Crippen LogP contribution in [0, 0.1) is 0 Å². The molecule has 0 aliphatic carbocycles. The molecule has 0 atom stereocenters. The van der Waals surface area contributed by atoms with Gasteiger partial charge in [-0.3, -0.25) is 9.59 Å². The number of hydrogen-bond acceptors (Lipinski definition) is 5. The summed E-state index contributed by atoms with van der Waals surface area (Å²) < 4.78 is 5.42. The highest BCUT2D eigenvalue weighted by atomic mass is 32.2. The average molecular weight is 393 g/mol. The Morgan fingerprint density at radius 1 is 1.00 bits per heavy atom. The normalized spacial score (nSPS) is 10.3. The highest BCUT2D eigenvalue weighted by Gasteiger charge is 2.13. The van der Waals surface area contributed by atoms with Gasteiger partial charge in [0.25, 0.3) is 5.91 Å². The number of carbonyl (C=O) groups is 2. The maximum Gasteiger partial charge on any atom is 0.258 e. The zero-order valence-electron chi connectivity index (χ0n) is 15.0. The Hall–Kier alpha value is -3.32. The van der Waals surface area contributed by atoms with Crippen LogP contribution in [-0.4, -0.2) is 23.4 Å². The first-order valence-corrected chi connectivity index (χ1v) is 9.44. The van der Waals surface area contributed by atoms with Gasteiger partial charge in [-0.25, -0.2) is 4.98 Å². The lowest BCUT2D eigenvalue weighted by atomic mass is 10.2. The monoisotopic (exact) mass is 393 g/mol. The molecule has 0 bridgehead atoms. The van der Waals surface area contributed by atoms with E-state index in [1.807, 2.05) is 30.3 Å². The van der Waals surface area contributed by atoms with Crippen molar-refractivity contribution in [2.45, 2.75) is 16.3 Å². The molecule has 0 saturated heterocycles. The number of nitrogens with one attached hydrogen (secondary N) is 1. The summed E-state index contributed by atoms with van der Waals surface area (Å²) in [5.41, 5.74) is 6.21. The summed E-state index contributed by atoms with van der Waals surface area (Å²) in [5, 5.41) is 3.50. The van der Waals surface area contributed by atoms with Crippen LogP contribution < -0.4 is 15.8 Å². The van der Waals surface area contributed by atoms with Crippen LogP contribution in [0.5, 0.6) is 5.75 Å². The molecule has 0 radical (unpaired) electrons. The van der Waals surface area contributed by atoms with Gasteiger partial charge in [0.1, 0.15) is 10.8 Å². The van der Waals surface area contributed by atoms with Crippen molar-refractivity contribution in [1.82, 2.24) is 4.98 Å². The third kappa shape index (κ3) is 5.59. The van der Waals surface area contributed by atoms with E-state index in [1.54, 1.807) is 42.6 Å². The number of benzene rings is 2. The summed E-state index contributed by atoms with van der Waals surface area (Å²) in [5.74, 6) is -0.0561. The van der Waals surface area contributed by atoms with Crippen molar-refractivity contribution in [2.75, 3.05) is 11.9 Å². The molecule has 0 aliphatic heterocycles. The molecule has 1 heterocycles. The zero-order valence-corrected chi connectivity index (χ0v) is 15.8. The molecule has 7 heteroatoms. The Bertz CT molecular complexity index is 947. The van der Waals surface area contributed by atoms with Gasteiger partial charge >= 0.3 is 0 Å². The number of nitrogens with zero attached hydrogens (tertiary/aromatic N) is 1. The number of ether oxygens (including phenoxy) is 1. The van der Waals surface area contributed by atoms with Gasteiger partial charge in [-0.15, -0.1) is 0 Å². The maximum atomic E-state index is 12.7. The molecule has 2 aromatic carbocycles. The van der Waals surface area contributed by atoms with Crippen LogP contribution in [0.25, 0.3) is 0 Å². The molecule has 0 fully saturated rings. The predicted octanol–water partition coefficient (Wildman–Crippen LogP) is 3.74. The van der Waals surface area contributed by atoms with E-state index in [0.717, 1.165) is 4.90 Å². The van der Waals surface area contributed by atoms with Gasteiger partial charge in [0.05, 0.1) is 18.6 Å². The van der Waals surface area contributed by atoms with Crippen molar-refractivity contribution < 1.29 is 14.3 Å². The van der Waals surface area contributed by atoms with E-state index in [9.17, 15) is 9.59 Å². The molecule has 1 aromatic heterocycles. The summed E-state index contributed by atoms with van der Waals surface area (Å²) >= 11 is 1.44. The van der Waals surface area contributed by atoms with E-state index in [1.165, 1.54) is 11.8 Å². The van der Waals surface area contributed by atoms with Crippen molar-refractivity contribution in [1.29, 1.82) is 0 Å². The van der Waals surface area contributed by atoms with Crippen LogP contribution in [0.1, 0.15) is 16.8 Å². The largest absolute Gasteiger partial charge is 0.493 e. The van der Waals surface area contributed by atoms with E-state index >= 15 is 0 Å². The van der Waals surface area contributed by atoms with Crippen molar-refractivity contribution in [2.24, 2.45) is 5.73 Å². The molecule has 0 spiro atoms. The number of primary amides is 1. The standard InChI is InChI=1S/C21H19N3O3S/c22-19(25)12-14-27-16-10-8-15(9-11-16)24-20(26)18-7-4-13-23-21(18)28-17-5-2-1-3-6-17/h1-11,13H,12,14H2,(H2,22,25)(H,24,26). The van der Waals surface area contributed by atoms with E-state index in [-0.39, 0.29) is 18.9 Å². The first-order chi connectivity index (χ1) is 13.6. The first kappa shape index (κ1) is 19.4. The number of amides is 2. The number of pyridine rings is 1. The summed E-state index contributed by atoms with van der Waals surface area (Å²) in [6, 6.07) is 20.2. The lowest BCUT2D eigenvalue weighted by Gasteiger charge is -2.10. The highest BCUT2D eigenvalue weighted by Crippen LogP contribution is 2.28. The molecular formula is C21H19N3O3S. The van der Waals surface area contributed by atoms with Gasteiger partial charge in [-0.05, 0) is 48.5 Å². The van der Waals surface area contributed by atoms with Crippen molar-refractivity contribution in [3.05, 3.63) is 78.5 Å². The third-order valence-electron chi connectivity index (χ3n) is 3.70. The third-order valence-corrected chi connectivity index (χ3v) is 4.73. The van der Waals surface area contributed by atoms with Gasteiger partial charge < -0.3 is 15.8 Å². The molecule has 3 rings (SSSR count). The predicted molar refractivity (Wildman–Crippen MR) is 109 cm³/mol. The number of hydrogen-bond donors (Lipinski definition) is 2. The number of nitrogens with two attached hydrogens (primary N) is 1. The second-order valence-corrected chi connectivity index (χ2v) is 6.88. The average Bonchev–Trinajstić information content (AvgIpc) is 2.70. The molecule has 2 amide bonds. The van der Waals surface area contributed by atoms with Crippen LogP contribution in [-0.2, 0) is 4.79 Å². The molecule has 0 unspecified atom stereocenters. The lowest BCUT2D eigenvalue weighted by Crippen LogP contribution is -2.15. The molecule has 3 aromatic rings. The molecule has 0 aliphatic rings. The van der Waals surface area contributed by atoms with Crippen LogP contribution >= 0.6 is 11.8 Å². The van der Waals surface area contributed by atoms with Crippen molar-refractivity contribution >= 4 is 29.3 Å². The van der Waals surface area contributed by atoms with E-state index in [4.69, 9.17) is 10.5 Å². The smallest absolute Gasteiger partial charge is 0.258 e. The van der Waals surface area contributed by atoms with E-state index in [0.29, 0.717) is 22.0 Å². The fourth-order valence-corrected chi connectivity index (χ4v) is 3.25. The van der Waals surface area contributed by atoms with Crippen LogP contribution in [0.3, 0.4) is 0 Å². The van der Waals surface area contributed by atoms with Crippen molar-refractivity contribution in [3.63, 3.8) is 0 Å². The van der Waals surface area contributed by atoms with Gasteiger partial charge in [-0.1, -0.05) is 30.0 Å². The first-order valence-electron chi connectivity index (χ1n) is 8.62. The zero-order chi connectivity index (χ0) is 19.8. The fraction of sp³-hybridized carbons (Fsp3) is 0.0952. The summed E-state index contributed by atoms with van der Waals surface area (Å²) in [7, 11) is 0. The van der Waals surface area contributed by atoms with Crippen LogP contribution in [0.15, 0.2) is 82.8 Å². The maximum absolute atomic E-state index is 12.7. The summed E-state index contributed by atoms with van der Waals surface area (Å²) in [6.07, 6.45) is 1.82. The number of rotatable bonds is 8. The molecule has 28 heavy (non-hydrogen) atoms. The Labute approximate surface area is 167 Å². The topological polar surface area (TPSA) is 94.3 Å². The summed E-state index contributed by atoms with van der Waals surface area (Å²) in [4.78, 5) is 28.8. The Kier molecular flexibility index (Phi) is 6.64. The van der Waals surface area contributed by atoms with E-state index < -0.39 is 5.91 Å². The summed E-state index contributed by atoms with van der Waals surface area (Å²) in [6.45, 7) is 0.219.